The monoisotopic (exact) mass is 395 g/mol. The maximum absolute atomic E-state index is 10.3. The molecule has 0 aliphatic carbocycles. The average molecular weight is 396 g/mol. The molecule has 4 aromatic rings. The number of halogens is 1. The standard InChI is InChI=1S/C19H14BrN3O2/c20-17-9-13(1-2-15(17)11-23-7-6-21-12-23)14-3-4-16(19(24)10-14)18-5-8-25-22-18/h1-10,12,24H,11H2. The van der Waals surface area contributed by atoms with Crippen LogP contribution in [0.3, 0.4) is 0 Å². The van der Waals surface area contributed by atoms with Crippen molar-refractivity contribution in [2.45, 2.75) is 6.54 Å². The number of phenolic OH excluding ortho intramolecular Hbond substituents is 1. The van der Waals surface area contributed by atoms with E-state index in [2.05, 4.69) is 38.2 Å². The van der Waals surface area contributed by atoms with Crippen LogP contribution >= 0.6 is 15.9 Å². The van der Waals surface area contributed by atoms with Crippen LogP contribution < -0.4 is 0 Å². The minimum absolute atomic E-state index is 0.171. The number of aromatic hydroxyl groups is 1. The normalized spacial score (nSPS) is 10.9. The van der Waals surface area contributed by atoms with Gasteiger partial charge in [-0.2, -0.15) is 0 Å². The molecular weight excluding hydrogens is 382 g/mol. The van der Waals surface area contributed by atoms with Crippen molar-refractivity contribution >= 4 is 15.9 Å². The Bertz CT molecular complexity index is 996. The summed E-state index contributed by atoms with van der Waals surface area (Å²) in [6.45, 7) is 0.747. The molecule has 25 heavy (non-hydrogen) atoms. The number of aromatic nitrogens is 3. The average Bonchev–Trinajstić information content (AvgIpc) is 3.30. The third kappa shape index (κ3) is 3.21. The molecule has 0 amide bonds. The van der Waals surface area contributed by atoms with Crippen molar-refractivity contribution in [1.82, 2.24) is 14.7 Å². The van der Waals surface area contributed by atoms with Gasteiger partial charge in [0.1, 0.15) is 17.7 Å². The predicted molar refractivity (Wildman–Crippen MR) is 98.1 cm³/mol. The van der Waals surface area contributed by atoms with Crippen LogP contribution in [-0.2, 0) is 6.54 Å². The summed E-state index contributed by atoms with van der Waals surface area (Å²) in [4.78, 5) is 4.06. The zero-order chi connectivity index (χ0) is 17.2. The van der Waals surface area contributed by atoms with E-state index in [0.717, 1.165) is 27.7 Å². The summed E-state index contributed by atoms with van der Waals surface area (Å²) >= 11 is 3.64. The first-order valence-corrected chi connectivity index (χ1v) is 8.48. The highest BCUT2D eigenvalue weighted by molar-refractivity contribution is 9.10. The largest absolute Gasteiger partial charge is 0.507 e. The number of imidazole rings is 1. The fourth-order valence-corrected chi connectivity index (χ4v) is 3.22. The SMILES string of the molecule is Oc1cc(-c2ccc(Cn3ccnc3)c(Br)c2)ccc1-c1ccon1. The third-order valence-corrected chi connectivity index (χ3v) is 4.75. The van der Waals surface area contributed by atoms with Crippen LogP contribution in [0.15, 0.2) is 76.4 Å². The molecule has 2 heterocycles. The van der Waals surface area contributed by atoms with E-state index < -0.39 is 0 Å². The lowest BCUT2D eigenvalue weighted by Crippen LogP contribution is -1.97. The van der Waals surface area contributed by atoms with Crippen molar-refractivity contribution in [3.63, 3.8) is 0 Å². The van der Waals surface area contributed by atoms with Crippen LogP contribution in [0.1, 0.15) is 5.56 Å². The molecule has 1 N–H and O–H groups in total. The molecule has 0 fully saturated rings. The van der Waals surface area contributed by atoms with Gasteiger partial charge in [0, 0.05) is 35.0 Å². The Balaban J connectivity index is 1.63. The second kappa shape index (κ2) is 6.57. The Morgan fingerprint density at radius 3 is 2.60 bits per heavy atom. The predicted octanol–water partition coefficient (Wildman–Crippen LogP) is 4.72. The topological polar surface area (TPSA) is 64.1 Å². The quantitative estimate of drug-likeness (QED) is 0.542. The van der Waals surface area contributed by atoms with E-state index in [1.165, 1.54) is 6.26 Å². The lowest BCUT2D eigenvalue weighted by molar-refractivity contribution is 0.421. The Kier molecular flexibility index (Phi) is 4.11. The van der Waals surface area contributed by atoms with Crippen molar-refractivity contribution in [1.29, 1.82) is 0 Å². The summed E-state index contributed by atoms with van der Waals surface area (Å²) in [6.07, 6.45) is 6.97. The van der Waals surface area contributed by atoms with Gasteiger partial charge in [0.15, 0.2) is 0 Å². The number of nitrogens with zero attached hydrogens (tertiary/aromatic N) is 3. The molecule has 0 atom stereocenters. The molecule has 0 saturated heterocycles. The van der Waals surface area contributed by atoms with Crippen LogP contribution in [0.25, 0.3) is 22.4 Å². The van der Waals surface area contributed by atoms with Gasteiger partial charge in [-0.25, -0.2) is 4.98 Å². The molecule has 0 spiro atoms. The second-order valence-corrected chi connectivity index (χ2v) is 6.51. The molecule has 0 unspecified atom stereocenters. The Morgan fingerprint density at radius 1 is 1.08 bits per heavy atom. The maximum atomic E-state index is 10.3. The Morgan fingerprint density at radius 2 is 1.92 bits per heavy atom. The highest BCUT2D eigenvalue weighted by atomic mass is 79.9. The third-order valence-electron chi connectivity index (χ3n) is 4.01. The van der Waals surface area contributed by atoms with E-state index in [0.29, 0.717) is 11.3 Å². The van der Waals surface area contributed by atoms with Crippen molar-refractivity contribution in [3.8, 4) is 28.1 Å². The first-order chi connectivity index (χ1) is 12.2. The number of phenols is 1. The fourth-order valence-electron chi connectivity index (χ4n) is 2.71. The van der Waals surface area contributed by atoms with Gasteiger partial charge in [-0.05, 0) is 34.9 Å². The molecule has 4 rings (SSSR count). The molecule has 6 heteroatoms. The van der Waals surface area contributed by atoms with Crippen molar-refractivity contribution < 1.29 is 9.63 Å². The molecule has 0 radical (unpaired) electrons. The summed E-state index contributed by atoms with van der Waals surface area (Å²) in [7, 11) is 0. The molecule has 0 aliphatic heterocycles. The van der Waals surface area contributed by atoms with E-state index in [9.17, 15) is 5.11 Å². The summed E-state index contributed by atoms with van der Waals surface area (Å²) < 4.78 is 7.86. The van der Waals surface area contributed by atoms with Gasteiger partial charge >= 0.3 is 0 Å². The minimum atomic E-state index is 0.171. The molecule has 2 aromatic carbocycles. The van der Waals surface area contributed by atoms with Gasteiger partial charge < -0.3 is 14.2 Å². The number of hydrogen-bond donors (Lipinski definition) is 1. The van der Waals surface area contributed by atoms with Crippen LogP contribution in [-0.4, -0.2) is 19.8 Å². The van der Waals surface area contributed by atoms with E-state index in [-0.39, 0.29) is 5.75 Å². The minimum Gasteiger partial charge on any atom is -0.507 e. The first kappa shape index (κ1) is 15.7. The lowest BCUT2D eigenvalue weighted by Gasteiger charge is -2.10. The van der Waals surface area contributed by atoms with Crippen molar-refractivity contribution in [2.24, 2.45) is 0 Å². The van der Waals surface area contributed by atoms with Crippen molar-refractivity contribution in [2.75, 3.05) is 0 Å². The lowest BCUT2D eigenvalue weighted by atomic mass is 10.0. The highest BCUT2D eigenvalue weighted by Crippen LogP contribution is 2.34. The number of benzene rings is 2. The fraction of sp³-hybridized carbons (Fsp3) is 0.0526. The molecule has 0 aliphatic rings. The van der Waals surface area contributed by atoms with Gasteiger partial charge in [-0.15, -0.1) is 0 Å². The number of hydrogen-bond acceptors (Lipinski definition) is 4. The van der Waals surface area contributed by atoms with Crippen LogP contribution in [0, 0.1) is 0 Å². The molecular formula is C19H14BrN3O2. The Hall–Kier alpha value is -2.86. The van der Waals surface area contributed by atoms with Crippen LogP contribution in [0.4, 0.5) is 0 Å². The number of rotatable bonds is 4. The van der Waals surface area contributed by atoms with E-state index in [4.69, 9.17) is 4.52 Å². The van der Waals surface area contributed by atoms with Gasteiger partial charge in [-0.3, -0.25) is 0 Å². The van der Waals surface area contributed by atoms with E-state index >= 15 is 0 Å². The zero-order valence-electron chi connectivity index (χ0n) is 13.1. The molecule has 0 bridgehead atoms. The van der Waals surface area contributed by atoms with Gasteiger partial charge in [0.05, 0.1) is 6.33 Å². The molecule has 0 saturated carbocycles. The maximum Gasteiger partial charge on any atom is 0.125 e. The molecule has 5 nitrogen and oxygen atoms in total. The van der Waals surface area contributed by atoms with Gasteiger partial charge in [0.25, 0.3) is 0 Å². The summed E-state index contributed by atoms with van der Waals surface area (Å²) in [6, 6.07) is 13.4. The van der Waals surface area contributed by atoms with E-state index in [1.54, 1.807) is 24.7 Å². The molecule has 2 aromatic heterocycles. The molecule has 124 valence electrons. The second-order valence-electron chi connectivity index (χ2n) is 5.66. The van der Waals surface area contributed by atoms with Gasteiger partial charge in [0.2, 0.25) is 0 Å². The van der Waals surface area contributed by atoms with E-state index in [1.807, 2.05) is 29.0 Å². The van der Waals surface area contributed by atoms with Crippen molar-refractivity contribution in [3.05, 3.63) is 77.5 Å². The summed E-state index contributed by atoms with van der Waals surface area (Å²) in [5, 5.41) is 14.2. The van der Waals surface area contributed by atoms with Gasteiger partial charge in [-0.1, -0.05) is 39.3 Å². The van der Waals surface area contributed by atoms with Crippen LogP contribution in [0.5, 0.6) is 5.75 Å². The summed E-state index contributed by atoms with van der Waals surface area (Å²) in [5.41, 5.74) is 4.36. The zero-order valence-corrected chi connectivity index (χ0v) is 14.7. The van der Waals surface area contributed by atoms with Crippen LogP contribution in [0.2, 0.25) is 0 Å². The highest BCUT2D eigenvalue weighted by Gasteiger charge is 2.10. The summed E-state index contributed by atoms with van der Waals surface area (Å²) in [5.74, 6) is 0.171. The Labute approximate surface area is 152 Å². The first-order valence-electron chi connectivity index (χ1n) is 7.69. The smallest absolute Gasteiger partial charge is 0.125 e.